The Morgan fingerprint density at radius 1 is 1.13 bits per heavy atom. The molecule has 4 fully saturated rings. The minimum atomic E-state index is -1.61. The first-order valence-electron chi connectivity index (χ1n) is 15.1. The number of aromatic carboxylic acids is 1. The number of pyridine rings is 2. The zero-order chi connectivity index (χ0) is 31.3. The molecule has 1 N–H and O–H groups in total. The maximum Gasteiger partial charge on any atom is 0.354 e. The van der Waals surface area contributed by atoms with Gasteiger partial charge in [-0.1, -0.05) is 40.2 Å². The summed E-state index contributed by atoms with van der Waals surface area (Å²) in [6, 6.07) is 6.53. The van der Waals surface area contributed by atoms with Crippen molar-refractivity contribution in [3.63, 3.8) is 0 Å². The molecule has 1 aromatic carbocycles. The Hall–Kier alpha value is -3.71. The molecule has 2 bridgehead atoms. The molecule has 8 nitrogen and oxygen atoms in total. The monoisotopic (exact) mass is 649 g/mol. The Morgan fingerprint density at radius 2 is 1.84 bits per heavy atom. The second-order valence-corrected chi connectivity index (χ2v) is 13.1. The first kappa shape index (κ1) is 30.0. The van der Waals surface area contributed by atoms with Crippen LogP contribution in [0.4, 0.5) is 4.39 Å². The summed E-state index contributed by atoms with van der Waals surface area (Å²) in [6.07, 6.45) is 9.05. The number of carboxylic acid groups (broad SMARTS) is 1. The molecule has 1 atom stereocenters. The van der Waals surface area contributed by atoms with Gasteiger partial charge in [0.1, 0.15) is 17.2 Å². The molecule has 1 unspecified atom stereocenters. The van der Waals surface area contributed by atoms with Gasteiger partial charge in [0.05, 0.1) is 27.8 Å². The van der Waals surface area contributed by atoms with E-state index in [0.717, 1.165) is 68.3 Å². The average Bonchev–Trinajstić information content (AvgIpc) is 3.79. The van der Waals surface area contributed by atoms with Crippen LogP contribution in [0, 0.1) is 17.3 Å². The molecule has 0 radical (unpaired) electrons. The van der Waals surface area contributed by atoms with Gasteiger partial charge in [-0.25, -0.2) is 14.2 Å². The SMILES string of the molecule is CC(F)Oc1cc(C(=O)O)nc2ccc(C#CC34CCC(OCc5c(-c6c(Cl)cncc6Cl)noc5C5CC5)(CC3)CC4)cc12. The van der Waals surface area contributed by atoms with E-state index in [4.69, 9.17) is 37.2 Å². The van der Waals surface area contributed by atoms with E-state index >= 15 is 0 Å². The molecular weight excluding hydrogens is 620 g/mol. The molecule has 45 heavy (non-hydrogen) atoms. The highest BCUT2D eigenvalue weighted by Crippen LogP contribution is 2.54. The van der Waals surface area contributed by atoms with Crippen molar-refractivity contribution in [3.05, 3.63) is 69.3 Å². The van der Waals surface area contributed by atoms with Gasteiger partial charge in [-0.2, -0.15) is 0 Å². The smallest absolute Gasteiger partial charge is 0.354 e. The van der Waals surface area contributed by atoms with Crippen molar-refractivity contribution in [2.45, 2.75) is 82.8 Å². The number of rotatable bonds is 8. The third kappa shape index (κ3) is 5.87. The Bertz CT molecular complexity index is 1830. The highest BCUT2D eigenvalue weighted by Gasteiger charge is 2.49. The highest BCUT2D eigenvalue weighted by atomic mass is 35.5. The lowest BCUT2D eigenvalue weighted by Gasteiger charge is -2.51. The standard InChI is InChI=1S/C34H30Cl2FN3O5/c1-19(37)44-28-15-27(32(41)42)39-26-5-2-20(14-22(26)28)6-7-33-8-11-34(12-9-33,13-10-33)43-18-23-30(40-45-31(23)21-3-4-21)29-24(35)16-38-17-25(29)36/h2,5,14-17,19,21H,3-4,8-13,18H2,1H3,(H,41,42). The van der Waals surface area contributed by atoms with Crippen LogP contribution in [-0.4, -0.2) is 38.2 Å². The summed E-state index contributed by atoms with van der Waals surface area (Å²) in [5, 5.41) is 15.1. The van der Waals surface area contributed by atoms with Crippen LogP contribution in [0.15, 0.2) is 41.2 Å². The first-order chi connectivity index (χ1) is 21.6. The summed E-state index contributed by atoms with van der Waals surface area (Å²) in [6.45, 7) is 1.61. The molecule has 3 aromatic heterocycles. The van der Waals surface area contributed by atoms with Gasteiger partial charge >= 0.3 is 5.97 Å². The molecule has 4 saturated carbocycles. The summed E-state index contributed by atoms with van der Waals surface area (Å²) in [7, 11) is 0. The number of aromatic nitrogens is 3. The molecule has 4 aliphatic carbocycles. The van der Waals surface area contributed by atoms with E-state index in [2.05, 4.69) is 27.0 Å². The molecule has 232 valence electrons. The number of ether oxygens (including phenoxy) is 2. The number of alkyl halides is 1. The molecule has 0 amide bonds. The van der Waals surface area contributed by atoms with Gasteiger partial charge in [-0.05, 0) is 69.6 Å². The molecular formula is C34H30Cl2FN3O5. The molecule has 0 saturated heterocycles. The molecule has 4 aromatic rings. The van der Waals surface area contributed by atoms with Crippen LogP contribution < -0.4 is 4.74 Å². The summed E-state index contributed by atoms with van der Waals surface area (Å²) >= 11 is 13.0. The molecule has 0 aliphatic heterocycles. The molecule has 0 spiro atoms. The Kier molecular flexibility index (Phi) is 7.71. The van der Waals surface area contributed by atoms with Gasteiger partial charge in [0.15, 0.2) is 5.69 Å². The van der Waals surface area contributed by atoms with Crippen LogP contribution in [0.25, 0.3) is 22.2 Å². The minimum absolute atomic E-state index is 0.113. The lowest BCUT2D eigenvalue weighted by molar-refractivity contribution is -0.131. The van der Waals surface area contributed by atoms with E-state index in [0.29, 0.717) is 44.7 Å². The van der Waals surface area contributed by atoms with Crippen LogP contribution >= 0.6 is 23.2 Å². The van der Waals surface area contributed by atoms with Gasteiger partial charge in [0, 0.05) is 58.8 Å². The molecule has 4 aliphatic rings. The van der Waals surface area contributed by atoms with Gasteiger partial charge in [-0.3, -0.25) is 4.98 Å². The number of benzene rings is 1. The zero-order valence-electron chi connectivity index (χ0n) is 24.5. The number of fused-ring (bicyclic) bond motifs is 4. The lowest BCUT2D eigenvalue weighted by Crippen LogP contribution is -2.47. The van der Waals surface area contributed by atoms with E-state index in [9.17, 15) is 14.3 Å². The van der Waals surface area contributed by atoms with Crippen LogP contribution in [0.5, 0.6) is 5.75 Å². The second kappa shape index (κ2) is 11.6. The van der Waals surface area contributed by atoms with E-state index < -0.39 is 12.3 Å². The van der Waals surface area contributed by atoms with E-state index in [1.165, 1.54) is 13.0 Å². The van der Waals surface area contributed by atoms with Gasteiger partial charge in [0.25, 0.3) is 0 Å². The number of carbonyl (C=O) groups is 1. The average molecular weight is 651 g/mol. The second-order valence-electron chi connectivity index (χ2n) is 12.3. The van der Waals surface area contributed by atoms with Crippen LogP contribution in [0.3, 0.4) is 0 Å². The van der Waals surface area contributed by atoms with Crippen molar-refractivity contribution in [1.29, 1.82) is 0 Å². The van der Waals surface area contributed by atoms with Crippen LogP contribution in [-0.2, 0) is 11.3 Å². The molecule has 8 rings (SSSR count). The van der Waals surface area contributed by atoms with Gasteiger partial charge in [-0.15, -0.1) is 0 Å². The van der Waals surface area contributed by atoms with E-state index in [1.807, 2.05) is 6.07 Å². The maximum absolute atomic E-state index is 13.7. The van der Waals surface area contributed by atoms with Crippen LogP contribution in [0.2, 0.25) is 10.0 Å². The fourth-order valence-electron chi connectivity index (χ4n) is 6.60. The third-order valence-electron chi connectivity index (χ3n) is 9.31. The number of halogens is 3. The number of hydrogen-bond acceptors (Lipinski definition) is 7. The number of hydrogen-bond donors (Lipinski definition) is 1. The van der Waals surface area contributed by atoms with Crippen LogP contribution in [0.1, 0.15) is 91.6 Å². The van der Waals surface area contributed by atoms with Gasteiger partial charge in [0.2, 0.25) is 6.36 Å². The summed E-state index contributed by atoms with van der Waals surface area (Å²) in [5.74, 6) is 7.01. The highest BCUT2D eigenvalue weighted by molar-refractivity contribution is 6.38. The van der Waals surface area contributed by atoms with Crippen molar-refractivity contribution >= 4 is 40.1 Å². The Morgan fingerprint density at radius 3 is 2.49 bits per heavy atom. The van der Waals surface area contributed by atoms with Gasteiger partial charge < -0.3 is 19.1 Å². The largest absolute Gasteiger partial charge is 0.477 e. The van der Waals surface area contributed by atoms with Crippen molar-refractivity contribution in [2.75, 3.05) is 0 Å². The first-order valence-corrected chi connectivity index (χ1v) is 15.8. The van der Waals surface area contributed by atoms with Crippen molar-refractivity contribution in [1.82, 2.24) is 15.1 Å². The van der Waals surface area contributed by atoms with Crippen molar-refractivity contribution in [3.8, 4) is 28.8 Å². The normalized spacial score (nSPS) is 23.0. The summed E-state index contributed by atoms with van der Waals surface area (Å²) < 4.78 is 31.6. The number of carboxylic acids is 1. The third-order valence-corrected chi connectivity index (χ3v) is 9.88. The predicted octanol–water partition coefficient (Wildman–Crippen LogP) is 8.52. The quantitative estimate of drug-likeness (QED) is 0.189. The molecule has 11 heteroatoms. The molecule has 3 heterocycles. The van der Waals surface area contributed by atoms with Crippen molar-refractivity contribution in [2.24, 2.45) is 5.41 Å². The number of nitrogens with zero attached hydrogens (tertiary/aromatic N) is 3. The fraction of sp³-hybridized carbons (Fsp3) is 0.412. The zero-order valence-corrected chi connectivity index (χ0v) is 26.1. The predicted molar refractivity (Wildman–Crippen MR) is 166 cm³/mol. The summed E-state index contributed by atoms with van der Waals surface area (Å²) in [5.41, 5.74) is 2.73. The maximum atomic E-state index is 13.7. The van der Waals surface area contributed by atoms with Crippen molar-refractivity contribution < 1.29 is 28.3 Å². The Balaban J connectivity index is 1.08. The lowest BCUT2D eigenvalue weighted by atomic mass is 9.59. The topological polar surface area (TPSA) is 108 Å². The van der Waals surface area contributed by atoms with E-state index in [-0.39, 0.29) is 22.5 Å². The Labute approximate surface area is 269 Å². The fourth-order valence-corrected chi connectivity index (χ4v) is 7.15. The van der Waals surface area contributed by atoms with E-state index in [1.54, 1.807) is 24.5 Å². The minimum Gasteiger partial charge on any atom is -0.477 e. The summed E-state index contributed by atoms with van der Waals surface area (Å²) in [4.78, 5) is 19.8.